The Kier molecular flexibility index (Phi) is 48.3. The highest BCUT2D eigenvalue weighted by Gasteiger charge is 2.19. The first-order valence-electron chi connectivity index (χ1n) is 26.7. The summed E-state index contributed by atoms with van der Waals surface area (Å²) in [5.74, 6) is -0.863. The molecule has 0 amide bonds. The Morgan fingerprint density at radius 3 is 0.850 bits per heavy atom. The number of hydrogen-bond acceptors (Lipinski definition) is 6. The molecule has 0 aromatic carbocycles. The number of esters is 3. The standard InChI is InChI=1S/C54H102O6/c1-4-7-10-13-16-19-21-23-24-25-26-27-28-29-31-32-35-38-41-44-47-53(56)59-50-51(49-58-52(55)46-43-40-37-34-18-15-12-9-6-3)60-54(57)48-45-42-39-36-33-30-22-20-17-14-11-8-5-2/h20,22,51H,4-19,21,23-50H2,1-3H3/b22-20-. The molecule has 6 heteroatoms. The molecular weight excluding hydrogens is 745 g/mol. The van der Waals surface area contributed by atoms with Crippen molar-refractivity contribution in [3.8, 4) is 0 Å². The van der Waals surface area contributed by atoms with Gasteiger partial charge in [-0.3, -0.25) is 14.4 Å². The van der Waals surface area contributed by atoms with Crippen molar-refractivity contribution < 1.29 is 28.6 Å². The summed E-state index contributed by atoms with van der Waals surface area (Å²) in [4.78, 5) is 37.9. The van der Waals surface area contributed by atoms with Crippen molar-refractivity contribution in [2.75, 3.05) is 13.2 Å². The minimum absolute atomic E-state index is 0.0683. The van der Waals surface area contributed by atoms with Gasteiger partial charge < -0.3 is 14.2 Å². The van der Waals surface area contributed by atoms with Crippen molar-refractivity contribution in [2.24, 2.45) is 0 Å². The Hall–Kier alpha value is -1.85. The first-order chi connectivity index (χ1) is 29.5. The zero-order valence-corrected chi connectivity index (χ0v) is 40.5. The highest BCUT2D eigenvalue weighted by Crippen LogP contribution is 2.17. The van der Waals surface area contributed by atoms with Gasteiger partial charge in [0.05, 0.1) is 0 Å². The molecule has 0 bridgehead atoms. The second kappa shape index (κ2) is 49.8. The van der Waals surface area contributed by atoms with Crippen LogP contribution in [0.5, 0.6) is 0 Å². The van der Waals surface area contributed by atoms with Gasteiger partial charge >= 0.3 is 17.9 Å². The molecule has 0 radical (unpaired) electrons. The number of allylic oxidation sites excluding steroid dienone is 2. The zero-order valence-electron chi connectivity index (χ0n) is 40.5. The van der Waals surface area contributed by atoms with Gasteiger partial charge in [-0.2, -0.15) is 0 Å². The zero-order chi connectivity index (χ0) is 43.7. The highest BCUT2D eigenvalue weighted by molar-refractivity contribution is 5.71. The Morgan fingerprint density at radius 1 is 0.317 bits per heavy atom. The quantitative estimate of drug-likeness (QED) is 0.0263. The lowest BCUT2D eigenvalue weighted by molar-refractivity contribution is -0.167. The van der Waals surface area contributed by atoms with E-state index in [0.29, 0.717) is 19.3 Å². The largest absolute Gasteiger partial charge is 0.462 e. The molecule has 0 aromatic rings. The fraction of sp³-hybridized carbons (Fsp3) is 0.907. The number of ether oxygens (including phenoxy) is 3. The van der Waals surface area contributed by atoms with Crippen LogP contribution in [0.4, 0.5) is 0 Å². The average Bonchev–Trinajstić information content (AvgIpc) is 3.24. The third-order valence-electron chi connectivity index (χ3n) is 12.0. The number of unbranched alkanes of at least 4 members (excludes halogenated alkanes) is 36. The molecule has 6 nitrogen and oxygen atoms in total. The first-order valence-corrected chi connectivity index (χ1v) is 26.7. The van der Waals surface area contributed by atoms with Crippen molar-refractivity contribution >= 4 is 17.9 Å². The molecule has 0 aliphatic rings. The molecule has 0 heterocycles. The van der Waals surface area contributed by atoms with E-state index in [2.05, 4.69) is 32.9 Å². The van der Waals surface area contributed by atoms with Gasteiger partial charge in [0.25, 0.3) is 0 Å². The van der Waals surface area contributed by atoms with Crippen LogP contribution in [0.3, 0.4) is 0 Å². The topological polar surface area (TPSA) is 78.9 Å². The maximum absolute atomic E-state index is 12.8. The summed E-state index contributed by atoms with van der Waals surface area (Å²) in [6.07, 6.45) is 54.9. The summed E-state index contributed by atoms with van der Waals surface area (Å²) < 4.78 is 16.8. The van der Waals surface area contributed by atoms with Crippen molar-refractivity contribution in [1.82, 2.24) is 0 Å². The van der Waals surface area contributed by atoms with E-state index in [-0.39, 0.29) is 31.1 Å². The molecule has 0 saturated heterocycles. The van der Waals surface area contributed by atoms with Gasteiger partial charge in [0, 0.05) is 19.3 Å². The van der Waals surface area contributed by atoms with Crippen LogP contribution < -0.4 is 0 Å². The maximum Gasteiger partial charge on any atom is 0.306 e. The van der Waals surface area contributed by atoms with Crippen molar-refractivity contribution in [1.29, 1.82) is 0 Å². The van der Waals surface area contributed by atoms with Crippen LogP contribution in [0.25, 0.3) is 0 Å². The molecular formula is C54H102O6. The van der Waals surface area contributed by atoms with Crippen LogP contribution in [0.1, 0.15) is 297 Å². The van der Waals surface area contributed by atoms with Gasteiger partial charge in [0.1, 0.15) is 13.2 Å². The monoisotopic (exact) mass is 847 g/mol. The van der Waals surface area contributed by atoms with E-state index in [1.807, 2.05) is 0 Å². The van der Waals surface area contributed by atoms with Gasteiger partial charge in [0.2, 0.25) is 0 Å². The summed E-state index contributed by atoms with van der Waals surface area (Å²) >= 11 is 0. The van der Waals surface area contributed by atoms with Gasteiger partial charge in [-0.15, -0.1) is 0 Å². The lowest BCUT2D eigenvalue weighted by Crippen LogP contribution is -2.30. The molecule has 0 N–H and O–H groups in total. The van der Waals surface area contributed by atoms with Crippen LogP contribution >= 0.6 is 0 Å². The molecule has 0 rings (SSSR count). The minimum atomic E-state index is -0.766. The Labute approximate surface area is 373 Å². The van der Waals surface area contributed by atoms with E-state index in [0.717, 1.165) is 64.2 Å². The summed E-state index contributed by atoms with van der Waals surface area (Å²) in [5.41, 5.74) is 0. The van der Waals surface area contributed by atoms with Gasteiger partial charge in [0.15, 0.2) is 6.10 Å². The number of carbonyl (C=O) groups is 3. The van der Waals surface area contributed by atoms with E-state index in [4.69, 9.17) is 14.2 Å². The Morgan fingerprint density at radius 2 is 0.550 bits per heavy atom. The average molecular weight is 847 g/mol. The third-order valence-corrected chi connectivity index (χ3v) is 12.0. The summed E-state index contributed by atoms with van der Waals surface area (Å²) in [6.45, 7) is 6.64. The number of rotatable bonds is 49. The molecule has 0 aromatic heterocycles. The van der Waals surface area contributed by atoms with Crippen LogP contribution in [0.15, 0.2) is 12.2 Å². The van der Waals surface area contributed by atoms with E-state index < -0.39 is 6.10 Å². The summed E-state index contributed by atoms with van der Waals surface area (Å²) in [6, 6.07) is 0. The minimum Gasteiger partial charge on any atom is -0.462 e. The molecule has 354 valence electrons. The SMILES string of the molecule is CCCCCC/C=C\CCCCCCCC(=O)OC(COC(=O)CCCCCCCCCCC)COC(=O)CCCCCCCCCCCCCCCCCCCCCC. The Balaban J connectivity index is 4.21. The van der Waals surface area contributed by atoms with Gasteiger partial charge in [-0.05, 0) is 44.9 Å². The maximum atomic E-state index is 12.8. The highest BCUT2D eigenvalue weighted by atomic mass is 16.6. The molecule has 0 aliphatic carbocycles. The molecule has 0 fully saturated rings. The molecule has 1 unspecified atom stereocenters. The predicted molar refractivity (Wildman–Crippen MR) is 256 cm³/mol. The second-order valence-corrected chi connectivity index (χ2v) is 18.2. The van der Waals surface area contributed by atoms with Gasteiger partial charge in [-0.1, -0.05) is 245 Å². The molecule has 0 aliphatic heterocycles. The number of carbonyl (C=O) groups excluding carboxylic acids is 3. The van der Waals surface area contributed by atoms with Crippen LogP contribution in [-0.2, 0) is 28.6 Å². The normalized spacial score (nSPS) is 12.0. The number of hydrogen-bond donors (Lipinski definition) is 0. The summed E-state index contributed by atoms with van der Waals surface area (Å²) in [7, 11) is 0. The van der Waals surface area contributed by atoms with Crippen molar-refractivity contribution in [3.63, 3.8) is 0 Å². The third kappa shape index (κ3) is 47.2. The second-order valence-electron chi connectivity index (χ2n) is 18.2. The lowest BCUT2D eigenvalue weighted by Gasteiger charge is -2.18. The van der Waals surface area contributed by atoms with E-state index in [1.165, 1.54) is 193 Å². The lowest BCUT2D eigenvalue weighted by atomic mass is 10.0. The summed E-state index contributed by atoms with van der Waals surface area (Å²) in [5, 5.41) is 0. The molecule has 1 atom stereocenters. The molecule has 0 saturated carbocycles. The van der Waals surface area contributed by atoms with E-state index in [1.54, 1.807) is 0 Å². The van der Waals surface area contributed by atoms with Crippen molar-refractivity contribution in [3.05, 3.63) is 12.2 Å². The van der Waals surface area contributed by atoms with Crippen LogP contribution in [0.2, 0.25) is 0 Å². The smallest absolute Gasteiger partial charge is 0.306 e. The first kappa shape index (κ1) is 58.1. The fourth-order valence-electron chi connectivity index (χ4n) is 7.97. The molecule has 0 spiro atoms. The Bertz CT molecular complexity index is 931. The molecule has 60 heavy (non-hydrogen) atoms. The van der Waals surface area contributed by atoms with Crippen LogP contribution in [-0.4, -0.2) is 37.2 Å². The fourth-order valence-corrected chi connectivity index (χ4v) is 7.97. The predicted octanol–water partition coefficient (Wildman–Crippen LogP) is 17.4. The van der Waals surface area contributed by atoms with Gasteiger partial charge in [-0.25, -0.2) is 0 Å². The van der Waals surface area contributed by atoms with Crippen LogP contribution in [0, 0.1) is 0 Å². The van der Waals surface area contributed by atoms with E-state index >= 15 is 0 Å². The van der Waals surface area contributed by atoms with Crippen molar-refractivity contribution in [2.45, 2.75) is 303 Å². The van der Waals surface area contributed by atoms with E-state index in [9.17, 15) is 14.4 Å².